The Morgan fingerprint density at radius 1 is 1.40 bits per heavy atom. The minimum atomic E-state index is 0.546. The summed E-state index contributed by atoms with van der Waals surface area (Å²) in [6.45, 7) is 2.53. The van der Waals surface area contributed by atoms with E-state index >= 15 is 0 Å². The molecule has 0 aliphatic rings. The molecule has 0 aliphatic heterocycles. The lowest BCUT2D eigenvalue weighted by Crippen LogP contribution is -2.03. The monoisotopic (exact) mass is 289 g/mol. The highest BCUT2D eigenvalue weighted by molar-refractivity contribution is 7.99. The number of rotatable bonds is 7. The number of para-hydroxylation sites is 2. The van der Waals surface area contributed by atoms with Crippen molar-refractivity contribution in [3.8, 4) is 17.5 Å². The van der Waals surface area contributed by atoms with Crippen molar-refractivity contribution in [3.05, 3.63) is 24.3 Å². The van der Waals surface area contributed by atoms with Crippen LogP contribution in [0.25, 0.3) is 5.69 Å². The van der Waals surface area contributed by atoms with Gasteiger partial charge in [-0.15, -0.1) is 5.10 Å². The Labute approximate surface area is 121 Å². The second-order valence-electron chi connectivity index (χ2n) is 3.88. The van der Waals surface area contributed by atoms with Gasteiger partial charge in [-0.25, -0.2) is 0 Å². The Balaban J connectivity index is 2.17. The largest absolute Gasteiger partial charge is 0.492 e. The third-order valence-corrected chi connectivity index (χ3v) is 3.50. The summed E-state index contributed by atoms with van der Waals surface area (Å²) >= 11 is 1.54. The van der Waals surface area contributed by atoms with Crippen LogP contribution in [0.15, 0.2) is 29.4 Å². The molecule has 2 aromatic rings. The summed E-state index contributed by atoms with van der Waals surface area (Å²) in [6.07, 6.45) is 1.37. The molecule has 104 valence electrons. The standard InChI is InChI=1S/C13H15N5OS/c1-2-19-12-8-4-3-7-11(12)18-13(15-16-17-18)20-10-6-5-9-14/h3-4,7-8H,2,5-6,10H2,1H3. The van der Waals surface area contributed by atoms with Crippen LogP contribution in [-0.4, -0.2) is 32.6 Å². The first-order chi connectivity index (χ1) is 9.86. The van der Waals surface area contributed by atoms with E-state index in [9.17, 15) is 0 Å². The Kier molecular flexibility index (Phi) is 5.38. The number of tetrazole rings is 1. The number of benzene rings is 1. The first-order valence-corrected chi connectivity index (χ1v) is 7.35. The van der Waals surface area contributed by atoms with Gasteiger partial charge in [-0.1, -0.05) is 23.9 Å². The van der Waals surface area contributed by atoms with Gasteiger partial charge < -0.3 is 4.74 Å². The van der Waals surface area contributed by atoms with Crippen molar-refractivity contribution in [2.45, 2.75) is 24.9 Å². The molecule has 2 rings (SSSR count). The van der Waals surface area contributed by atoms with E-state index in [2.05, 4.69) is 21.6 Å². The van der Waals surface area contributed by atoms with Gasteiger partial charge in [-0.3, -0.25) is 0 Å². The molecule has 20 heavy (non-hydrogen) atoms. The highest BCUT2D eigenvalue weighted by atomic mass is 32.2. The zero-order valence-electron chi connectivity index (χ0n) is 11.2. The van der Waals surface area contributed by atoms with E-state index < -0.39 is 0 Å². The maximum atomic E-state index is 8.53. The summed E-state index contributed by atoms with van der Waals surface area (Å²) in [5.74, 6) is 1.56. The van der Waals surface area contributed by atoms with E-state index in [4.69, 9.17) is 10.00 Å². The van der Waals surface area contributed by atoms with Crippen LogP contribution in [0.4, 0.5) is 0 Å². The van der Waals surface area contributed by atoms with Gasteiger partial charge >= 0.3 is 0 Å². The summed E-state index contributed by atoms with van der Waals surface area (Å²) in [5.41, 5.74) is 0.821. The average molecular weight is 289 g/mol. The van der Waals surface area contributed by atoms with Crippen LogP contribution in [0.3, 0.4) is 0 Å². The quantitative estimate of drug-likeness (QED) is 0.575. The number of hydrogen-bond donors (Lipinski definition) is 0. The smallest absolute Gasteiger partial charge is 0.214 e. The number of hydrogen-bond acceptors (Lipinski definition) is 6. The second-order valence-corrected chi connectivity index (χ2v) is 4.95. The zero-order valence-corrected chi connectivity index (χ0v) is 12.0. The van der Waals surface area contributed by atoms with Crippen molar-refractivity contribution in [3.63, 3.8) is 0 Å². The lowest BCUT2D eigenvalue weighted by Gasteiger charge is -2.10. The number of thioether (sulfide) groups is 1. The van der Waals surface area contributed by atoms with Crippen molar-refractivity contribution < 1.29 is 4.74 Å². The second kappa shape index (κ2) is 7.50. The van der Waals surface area contributed by atoms with Crippen molar-refractivity contribution in [1.29, 1.82) is 5.26 Å². The van der Waals surface area contributed by atoms with E-state index in [1.807, 2.05) is 31.2 Å². The normalized spacial score (nSPS) is 10.2. The fraction of sp³-hybridized carbons (Fsp3) is 0.385. The maximum absolute atomic E-state index is 8.53. The summed E-state index contributed by atoms with van der Waals surface area (Å²) in [5, 5.41) is 21.0. The molecular weight excluding hydrogens is 274 g/mol. The molecule has 6 nitrogen and oxygen atoms in total. The molecule has 0 bridgehead atoms. The number of aromatic nitrogens is 4. The third kappa shape index (κ3) is 3.48. The SMILES string of the molecule is CCOc1ccccc1-n1nnnc1SCCCC#N. The molecule has 0 amide bonds. The van der Waals surface area contributed by atoms with Gasteiger partial charge in [0.2, 0.25) is 5.16 Å². The summed E-state index contributed by atoms with van der Waals surface area (Å²) in [7, 11) is 0. The number of unbranched alkanes of at least 4 members (excludes halogenated alkanes) is 1. The lowest BCUT2D eigenvalue weighted by atomic mass is 10.3. The number of nitriles is 1. The fourth-order valence-corrected chi connectivity index (χ4v) is 2.47. The van der Waals surface area contributed by atoms with E-state index in [-0.39, 0.29) is 0 Å². The fourth-order valence-electron chi connectivity index (χ4n) is 1.64. The molecule has 0 spiro atoms. The van der Waals surface area contributed by atoms with Crippen LogP contribution >= 0.6 is 11.8 Å². The highest BCUT2D eigenvalue weighted by Gasteiger charge is 2.12. The molecule has 1 aromatic heterocycles. The molecule has 0 saturated heterocycles. The molecule has 0 N–H and O–H groups in total. The Hall–Kier alpha value is -2.07. The van der Waals surface area contributed by atoms with Gasteiger partial charge in [0.1, 0.15) is 11.4 Å². The summed E-state index contributed by atoms with van der Waals surface area (Å²) in [4.78, 5) is 0. The van der Waals surface area contributed by atoms with Gasteiger partial charge in [-0.2, -0.15) is 9.94 Å². The van der Waals surface area contributed by atoms with Gasteiger partial charge in [0.15, 0.2) is 0 Å². The summed E-state index contributed by atoms with van der Waals surface area (Å²) in [6, 6.07) is 9.77. The van der Waals surface area contributed by atoms with Crippen molar-refractivity contribution in [2.75, 3.05) is 12.4 Å². The van der Waals surface area contributed by atoms with Gasteiger partial charge in [0.05, 0.1) is 12.7 Å². The van der Waals surface area contributed by atoms with E-state index in [1.165, 1.54) is 11.8 Å². The molecule has 0 unspecified atom stereocenters. The van der Waals surface area contributed by atoms with Crippen LogP contribution in [0.5, 0.6) is 5.75 Å². The highest BCUT2D eigenvalue weighted by Crippen LogP contribution is 2.26. The first kappa shape index (κ1) is 14.3. The van der Waals surface area contributed by atoms with Gasteiger partial charge in [0, 0.05) is 12.2 Å². The minimum Gasteiger partial charge on any atom is -0.492 e. The van der Waals surface area contributed by atoms with Crippen molar-refractivity contribution in [2.24, 2.45) is 0 Å². The topological polar surface area (TPSA) is 76.6 Å². The van der Waals surface area contributed by atoms with E-state index in [0.29, 0.717) is 18.2 Å². The van der Waals surface area contributed by atoms with Crippen LogP contribution in [-0.2, 0) is 0 Å². The van der Waals surface area contributed by atoms with Crippen molar-refractivity contribution in [1.82, 2.24) is 20.2 Å². The third-order valence-electron chi connectivity index (χ3n) is 2.50. The van der Waals surface area contributed by atoms with E-state index in [1.54, 1.807) is 4.68 Å². The lowest BCUT2D eigenvalue weighted by molar-refractivity contribution is 0.337. The Bertz CT molecular complexity index is 592. The molecule has 1 heterocycles. The summed E-state index contributed by atoms with van der Waals surface area (Å²) < 4.78 is 7.26. The molecule has 7 heteroatoms. The minimum absolute atomic E-state index is 0.546. The van der Waals surface area contributed by atoms with Crippen LogP contribution in [0.2, 0.25) is 0 Å². The molecular formula is C13H15N5OS. The molecule has 0 atom stereocenters. The molecule has 0 fully saturated rings. The van der Waals surface area contributed by atoms with E-state index in [0.717, 1.165) is 23.6 Å². The van der Waals surface area contributed by atoms with Crippen LogP contribution < -0.4 is 4.74 Å². The van der Waals surface area contributed by atoms with Crippen molar-refractivity contribution >= 4 is 11.8 Å². The van der Waals surface area contributed by atoms with Crippen LogP contribution in [0, 0.1) is 11.3 Å². The first-order valence-electron chi connectivity index (χ1n) is 6.37. The Morgan fingerprint density at radius 3 is 3.05 bits per heavy atom. The molecule has 0 radical (unpaired) electrons. The molecule has 0 saturated carbocycles. The van der Waals surface area contributed by atoms with Crippen LogP contribution in [0.1, 0.15) is 19.8 Å². The predicted molar refractivity (Wildman–Crippen MR) is 75.9 cm³/mol. The molecule has 1 aromatic carbocycles. The molecule has 0 aliphatic carbocycles. The van der Waals surface area contributed by atoms with Gasteiger partial charge in [0.25, 0.3) is 0 Å². The predicted octanol–water partition coefficient (Wildman–Crippen LogP) is 2.46. The number of nitrogens with zero attached hydrogens (tertiary/aromatic N) is 5. The van der Waals surface area contributed by atoms with Gasteiger partial charge in [-0.05, 0) is 35.9 Å². The Morgan fingerprint density at radius 2 is 2.25 bits per heavy atom. The average Bonchev–Trinajstić information content (AvgIpc) is 2.93. The zero-order chi connectivity index (χ0) is 14.2. The number of ether oxygens (including phenoxy) is 1. The maximum Gasteiger partial charge on any atom is 0.214 e.